The molecule has 2 unspecified atom stereocenters. The molecule has 1 saturated carbocycles. The normalized spacial score (nSPS) is 20.3. The van der Waals surface area contributed by atoms with Gasteiger partial charge in [-0.05, 0) is 30.4 Å². The highest BCUT2D eigenvalue weighted by Crippen LogP contribution is 2.48. The Hall–Kier alpha value is -1.91. The van der Waals surface area contributed by atoms with Crippen molar-refractivity contribution in [1.82, 2.24) is 10.6 Å². The lowest BCUT2D eigenvalue weighted by Gasteiger charge is -2.06. The minimum Gasteiger partial charge on any atom is -0.355 e. The smallest absolute Gasteiger partial charge is 0.239 e. The molecule has 0 radical (unpaired) electrons. The average Bonchev–Trinajstić information content (AvgIpc) is 3.23. The van der Waals surface area contributed by atoms with E-state index in [0.717, 1.165) is 6.42 Å². The Kier molecular flexibility index (Phi) is 4.71. The fourth-order valence-electron chi connectivity index (χ4n) is 2.23. The van der Waals surface area contributed by atoms with Crippen LogP contribution in [0.3, 0.4) is 0 Å². The molecule has 2 rings (SSSR count). The van der Waals surface area contributed by atoms with Gasteiger partial charge in [0.25, 0.3) is 0 Å². The summed E-state index contributed by atoms with van der Waals surface area (Å²) >= 11 is 0. The van der Waals surface area contributed by atoms with E-state index >= 15 is 0 Å². The van der Waals surface area contributed by atoms with E-state index in [1.54, 1.807) is 18.2 Å². The average molecular weight is 278 g/mol. The van der Waals surface area contributed by atoms with E-state index in [-0.39, 0.29) is 36.0 Å². The predicted molar refractivity (Wildman–Crippen MR) is 73.6 cm³/mol. The standard InChI is InChI=1S/C15H19FN2O2/c1-2-7-17-14(19)9-18-15(20)12-8-11(12)10-5-3-4-6-13(10)16/h3-6,11-12H,2,7-9H2,1H3,(H,17,19)(H,18,20). The Labute approximate surface area is 117 Å². The Bertz CT molecular complexity index is 504. The third kappa shape index (κ3) is 3.56. The first-order chi connectivity index (χ1) is 9.63. The van der Waals surface area contributed by atoms with Crippen molar-refractivity contribution in [2.24, 2.45) is 5.92 Å². The first kappa shape index (κ1) is 14.5. The highest BCUT2D eigenvalue weighted by atomic mass is 19.1. The minimum absolute atomic E-state index is 0.0146. The van der Waals surface area contributed by atoms with Gasteiger partial charge in [0, 0.05) is 12.5 Å². The van der Waals surface area contributed by atoms with E-state index in [1.807, 2.05) is 6.92 Å². The summed E-state index contributed by atoms with van der Waals surface area (Å²) in [5.74, 6) is -0.914. The van der Waals surface area contributed by atoms with Crippen LogP contribution in [0.4, 0.5) is 4.39 Å². The lowest BCUT2D eigenvalue weighted by molar-refractivity contribution is -0.126. The lowest BCUT2D eigenvalue weighted by Crippen LogP contribution is -2.37. The SMILES string of the molecule is CCCNC(=O)CNC(=O)C1CC1c1ccccc1F. The molecule has 0 heterocycles. The summed E-state index contributed by atoms with van der Waals surface area (Å²) in [5, 5.41) is 5.28. The summed E-state index contributed by atoms with van der Waals surface area (Å²) in [6.07, 6.45) is 1.50. The molecule has 2 amide bonds. The van der Waals surface area contributed by atoms with E-state index in [0.29, 0.717) is 18.5 Å². The highest BCUT2D eigenvalue weighted by Gasteiger charge is 2.45. The lowest BCUT2D eigenvalue weighted by atomic mass is 10.1. The number of rotatable bonds is 6. The van der Waals surface area contributed by atoms with Crippen molar-refractivity contribution in [2.75, 3.05) is 13.1 Å². The molecule has 0 saturated heterocycles. The molecule has 1 fully saturated rings. The van der Waals surface area contributed by atoms with E-state index < -0.39 is 0 Å². The number of halogens is 1. The summed E-state index contributed by atoms with van der Waals surface area (Å²) in [5.41, 5.74) is 0.586. The van der Waals surface area contributed by atoms with Crippen LogP contribution in [0.15, 0.2) is 24.3 Å². The van der Waals surface area contributed by atoms with Crippen molar-refractivity contribution >= 4 is 11.8 Å². The maximum absolute atomic E-state index is 13.6. The molecule has 2 N–H and O–H groups in total. The van der Waals surface area contributed by atoms with Gasteiger partial charge in [-0.2, -0.15) is 0 Å². The van der Waals surface area contributed by atoms with Crippen LogP contribution in [0.5, 0.6) is 0 Å². The second-order valence-corrected chi connectivity index (χ2v) is 5.04. The molecule has 0 spiro atoms. The predicted octanol–water partition coefficient (Wildman–Crippen LogP) is 1.57. The van der Waals surface area contributed by atoms with Crippen molar-refractivity contribution < 1.29 is 14.0 Å². The zero-order valence-electron chi connectivity index (χ0n) is 11.5. The summed E-state index contributed by atoms with van der Waals surface area (Å²) < 4.78 is 13.6. The van der Waals surface area contributed by atoms with Gasteiger partial charge in [0.2, 0.25) is 11.8 Å². The number of carbonyl (C=O) groups is 2. The Morgan fingerprint density at radius 2 is 2.05 bits per heavy atom. The third-order valence-corrected chi connectivity index (χ3v) is 3.43. The monoisotopic (exact) mass is 278 g/mol. The maximum atomic E-state index is 13.6. The van der Waals surface area contributed by atoms with Crippen molar-refractivity contribution in [2.45, 2.75) is 25.7 Å². The van der Waals surface area contributed by atoms with Gasteiger partial charge in [-0.3, -0.25) is 9.59 Å². The van der Waals surface area contributed by atoms with E-state index in [4.69, 9.17) is 0 Å². The number of carbonyl (C=O) groups excluding carboxylic acids is 2. The Balaban J connectivity index is 1.79. The zero-order chi connectivity index (χ0) is 14.5. The van der Waals surface area contributed by atoms with Crippen molar-refractivity contribution in [3.8, 4) is 0 Å². The molecule has 1 aromatic carbocycles. The first-order valence-electron chi connectivity index (χ1n) is 6.92. The summed E-state index contributed by atoms with van der Waals surface area (Å²) in [7, 11) is 0. The number of nitrogens with one attached hydrogen (secondary N) is 2. The van der Waals surface area contributed by atoms with Crippen LogP contribution in [0.2, 0.25) is 0 Å². The van der Waals surface area contributed by atoms with E-state index in [9.17, 15) is 14.0 Å². The number of benzene rings is 1. The van der Waals surface area contributed by atoms with Crippen LogP contribution in [-0.4, -0.2) is 24.9 Å². The molecule has 1 aromatic rings. The molecule has 20 heavy (non-hydrogen) atoms. The van der Waals surface area contributed by atoms with Crippen LogP contribution < -0.4 is 10.6 Å². The summed E-state index contributed by atoms with van der Waals surface area (Å²) in [6, 6.07) is 6.51. The highest BCUT2D eigenvalue weighted by molar-refractivity contribution is 5.87. The quantitative estimate of drug-likeness (QED) is 0.830. The van der Waals surface area contributed by atoms with Crippen molar-refractivity contribution in [1.29, 1.82) is 0 Å². The van der Waals surface area contributed by atoms with Crippen molar-refractivity contribution in [3.05, 3.63) is 35.6 Å². The second kappa shape index (κ2) is 6.50. The van der Waals surface area contributed by atoms with E-state index in [1.165, 1.54) is 6.07 Å². The van der Waals surface area contributed by atoms with Crippen LogP contribution in [0, 0.1) is 11.7 Å². The van der Waals surface area contributed by atoms with E-state index in [2.05, 4.69) is 10.6 Å². The molecule has 0 aromatic heterocycles. The Morgan fingerprint density at radius 1 is 1.30 bits per heavy atom. The van der Waals surface area contributed by atoms with Crippen LogP contribution in [0.25, 0.3) is 0 Å². The molecular weight excluding hydrogens is 259 g/mol. The fourth-order valence-corrected chi connectivity index (χ4v) is 2.23. The molecule has 1 aliphatic rings. The second-order valence-electron chi connectivity index (χ2n) is 5.04. The van der Waals surface area contributed by atoms with Gasteiger partial charge in [0.1, 0.15) is 5.82 Å². The van der Waals surface area contributed by atoms with Gasteiger partial charge in [-0.15, -0.1) is 0 Å². The topological polar surface area (TPSA) is 58.2 Å². The van der Waals surface area contributed by atoms with Gasteiger partial charge >= 0.3 is 0 Å². The fraction of sp³-hybridized carbons (Fsp3) is 0.467. The number of hydrogen-bond acceptors (Lipinski definition) is 2. The molecule has 0 bridgehead atoms. The zero-order valence-corrected chi connectivity index (χ0v) is 11.5. The summed E-state index contributed by atoms with van der Waals surface area (Å²) in [4.78, 5) is 23.2. The number of hydrogen-bond donors (Lipinski definition) is 2. The van der Waals surface area contributed by atoms with Crippen LogP contribution in [0.1, 0.15) is 31.2 Å². The van der Waals surface area contributed by atoms with Crippen LogP contribution in [-0.2, 0) is 9.59 Å². The largest absolute Gasteiger partial charge is 0.355 e. The summed E-state index contributed by atoms with van der Waals surface area (Å²) in [6.45, 7) is 2.55. The van der Waals surface area contributed by atoms with Gasteiger partial charge in [0.15, 0.2) is 0 Å². The number of amides is 2. The molecule has 1 aliphatic carbocycles. The molecule has 5 heteroatoms. The van der Waals surface area contributed by atoms with Gasteiger partial charge < -0.3 is 10.6 Å². The van der Waals surface area contributed by atoms with Crippen molar-refractivity contribution in [3.63, 3.8) is 0 Å². The molecule has 0 aliphatic heterocycles. The Morgan fingerprint density at radius 3 is 2.75 bits per heavy atom. The molecule has 2 atom stereocenters. The van der Waals surface area contributed by atoms with Gasteiger partial charge in [-0.25, -0.2) is 4.39 Å². The maximum Gasteiger partial charge on any atom is 0.239 e. The molecule has 4 nitrogen and oxygen atoms in total. The van der Waals surface area contributed by atoms with Gasteiger partial charge in [-0.1, -0.05) is 25.1 Å². The van der Waals surface area contributed by atoms with Gasteiger partial charge in [0.05, 0.1) is 6.54 Å². The first-order valence-corrected chi connectivity index (χ1v) is 6.92. The molecular formula is C15H19FN2O2. The minimum atomic E-state index is -0.270. The van der Waals surface area contributed by atoms with Crippen LogP contribution >= 0.6 is 0 Å². The molecule has 108 valence electrons. The third-order valence-electron chi connectivity index (χ3n) is 3.43.